The molecule has 2 rings (SSSR count). The lowest BCUT2D eigenvalue weighted by Gasteiger charge is -2.03. The molecule has 0 aromatic heterocycles. The Bertz CT molecular complexity index is 353. The van der Waals surface area contributed by atoms with Crippen LogP contribution in [0, 0.1) is 0 Å². The number of hydrogen-bond donors (Lipinski definition) is 0. The van der Waals surface area contributed by atoms with Gasteiger partial charge >= 0.3 is 0 Å². The fourth-order valence-electron chi connectivity index (χ4n) is 1.49. The van der Waals surface area contributed by atoms with E-state index in [0.717, 1.165) is 16.0 Å². The third-order valence-electron chi connectivity index (χ3n) is 2.42. The zero-order chi connectivity index (χ0) is 9.42. The average Bonchev–Trinajstić information content (AvgIpc) is 2.85. The van der Waals surface area contributed by atoms with E-state index in [1.165, 1.54) is 18.4 Å². The van der Waals surface area contributed by atoms with Crippen molar-refractivity contribution in [3.05, 3.63) is 33.8 Å². The quantitative estimate of drug-likeness (QED) is 0.721. The van der Waals surface area contributed by atoms with Crippen molar-refractivity contribution in [2.75, 3.05) is 0 Å². The fraction of sp³-hybridized carbons (Fsp3) is 0.364. The second kappa shape index (κ2) is 3.26. The summed E-state index contributed by atoms with van der Waals surface area (Å²) in [6, 6.07) is 6.06. The van der Waals surface area contributed by atoms with E-state index < -0.39 is 0 Å². The van der Waals surface area contributed by atoms with E-state index in [-0.39, 0.29) is 5.78 Å². The zero-order valence-corrected chi connectivity index (χ0v) is 9.10. The van der Waals surface area contributed by atoms with Crippen LogP contribution < -0.4 is 0 Å². The van der Waals surface area contributed by atoms with Gasteiger partial charge in [0.05, 0.1) is 0 Å². The van der Waals surface area contributed by atoms with E-state index in [0.29, 0.717) is 0 Å². The summed E-state index contributed by atoms with van der Waals surface area (Å²) in [6.45, 7) is 1.59. The molecule has 1 aromatic rings. The monoisotopic (exact) mass is 238 g/mol. The molecule has 1 fully saturated rings. The van der Waals surface area contributed by atoms with Crippen LogP contribution >= 0.6 is 15.9 Å². The second-order valence-electron chi connectivity index (χ2n) is 3.57. The van der Waals surface area contributed by atoms with Gasteiger partial charge in [-0.3, -0.25) is 4.79 Å². The number of hydrogen-bond acceptors (Lipinski definition) is 1. The second-order valence-corrected chi connectivity index (χ2v) is 4.42. The molecule has 0 N–H and O–H groups in total. The fourth-order valence-corrected chi connectivity index (χ4v) is 2.16. The highest BCUT2D eigenvalue weighted by atomic mass is 79.9. The number of carbonyl (C=O) groups is 1. The van der Waals surface area contributed by atoms with E-state index in [2.05, 4.69) is 28.1 Å². The first kappa shape index (κ1) is 8.95. The van der Waals surface area contributed by atoms with Crippen molar-refractivity contribution in [2.24, 2.45) is 0 Å². The van der Waals surface area contributed by atoms with Gasteiger partial charge in [-0.2, -0.15) is 0 Å². The lowest BCUT2D eigenvalue weighted by Crippen LogP contribution is -1.94. The standard InChI is InChI=1S/C11H11BrO/c1-7(13)10-5-4-9(6-11(10)12)8-2-3-8/h4-6,8H,2-3H2,1H3. The van der Waals surface area contributed by atoms with E-state index in [1.807, 2.05) is 6.07 Å². The van der Waals surface area contributed by atoms with Crippen molar-refractivity contribution >= 4 is 21.7 Å². The molecule has 68 valence electrons. The van der Waals surface area contributed by atoms with Gasteiger partial charge in [0.2, 0.25) is 0 Å². The van der Waals surface area contributed by atoms with Crippen molar-refractivity contribution in [2.45, 2.75) is 25.7 Å². The maximum Gasteiger partial charge on any atom is 0.160 e. The van der Waals surface area contributed by atoms with E-state index in [4.69, 9.17) is 0 Å². The van der Waals surface area contributed by atoms with Crippen molar-refractivity contribution in [3.8, 4) is 0 Å². The van der Waals surface area contributed by atoms with Crippen LogP contribution in [0.2, 0.25) is 0 Å². The van der Waals surface area contributed by atoms with Crippen LogP contribution in [-0.2, 0) is 0 Å². The number of halogens is 1. The topological polar surface area (TPSA) is 17.1 Å². The molecule has 2 heteroatoms. The lowest BCUT2D eigenvalue weighted by molar-refractivity contribution is 0.101. The Kier molecular flexibility index (Phi) is 2.24. The van der Waals surface area contributed by atoms with Gasteiger partial charge in [-0.05, 0) is 43.4 Å². The molecule has 0 atom stereocenters. The highest BCUT2D eigenvalue weighted by Gasteiger charge is 2.23. The number of ketones is 1. The third-order valence-corrected chi connectivity index (χ3v) is 3.08. The van der Waals surface area contributed by atoms with Crippen molar-refractivity contribution in [1.82, 2.24) is 0 Å². The third kappa shape index (κ3) is 1.83. The summed E-state index contributed by atoms with van der Waals surface area (Å²) in [5.41, 5.74) is 2.14. The van der Waals surface area contributed by atoms with E-state index >= 15 is 0 Å². The minimum atomic E-state index is 0.120. The molecule has 0 unspecified atom stereocenters. The van der Waals surface area contributed by atoms with Gasteiger partial charge in [-0.1, -0.05) is 22.0 Å². The van der Waals surface area contributed by atoms with Crippen molar-refractivity contribution in [3.63, 3.8) is 0 Å². The predicted octanol–water partition coefficient (Wildman–Crippen LogP) is 3.53. The summed E-state index contributed by atoms with van der Waals surface area (Å²) in [5.74, 6) is 0.867. The molecule has 0 saturated heterocycles. The number of rotatable bonds is 2. The van der Waals surface area contributed by atoms with Crippen LogP contribution in [0.1, 0.15) is 41.6 Å². The molecule has 0 aliphatic heterocycles. The molecule has 0 radical (unpaired) electrons. The van der Waals surface area contributed by atoms with Gasteiger partial charge in [0.15, 0.2) is 5.78 Å². The van der Waals surface area contributed by atoms with Crippen molar-refractivity contribution < 1.29 is 4.79 Å². The molecule has 0 heterocycles. The molecule has 13 heavy (non-hydrogen) atoms. The molecule has 1 saturated carbocycles. The van der Waals surface area contributed by atoms with E-state index in [1.54, 1.807) is 6.92 Å². The van der Waals surface area contributed by atoms with Gasteiger partial charge in [0, 0.05) is 10.0 Å². The number of Topliss-reactive ketones (excluding diaryl/α,β-unsaturated/α-hetero) is 1. The zero-order valence-electron chi connectivity index (χ0n) is 7.51. The first-order chi connectivity index (χ1) is 6.18. The van der Waals surface area contributed by atoms with Crippen LogP contribution in [0.5, 0.6) is 0 Å². The molecular formula is C11H11BrO. The minimum absolute atomic E-state index is 0.120. The first-order valence-corrected chi connectivity index (χ1v) is 5.28. The Morgan fingerprint density at radius 1 is 1.46 bits per heavy atom. The highest BCUT2D eigenvalue weighted by molar-refractivity contribution is 9.10. The normalized spacial score (nSPS) is 15.8. The van der Waals surface area contributed by atoms with Gasteiger partial charge in [0.1, 0.15) is 0 Å². The van der Waals surface area contributed by atoms with Gasteiger partial charge in [0.25, 0.3) is 0 Å². The van der Waals surface area contributed by atoms with Crippen LogP contribution in [0.3, 0.4) is 0 Å². The largest absolute Gasteiger partial charge is 0.294 e. The molecule has 1 aromatic carbocycles. The number of carbonyl (C=O) groups excluding carboxylic acids is 1. The Balaban J connectivity index is 2.36. The molecule has 0 spiro atoms. The summed E-state index contributed by atoms with van der Waals surface area (Å²) in [7, 11) is 0. The summed E-state index contributed by atoms with van der Waals surface area (Å²) in [6.07, 6.45) is 2.59. The molecule has 1 aliphatic carbocycles. The van der Waals surface area contributed by atoms with Crippen LogP contribution in [0.4, 0.5) is 0 Å². The predicted molar refractivity (Wildman–Crippen MR) is 56.1 cm³/mol. The van der Waals surface area contributed by atoms with Crippen LogP contribution in [-0.4, -0.2) is 5.78 Å². The van der Waals surface area contributed by atoms with Gasteiger partial charge in [-0.25, -0.2) is 0 Å². The Hall–Kier alpha value is -0.630. The Morgan fingerprint density at radius 3 is 2.62 bits per heavy atom. The Labute approximate surface area is 86.3 Å². The smallest absolute Gasteiger partial charge is 0.160 e. The van der Waals surface area contributed by atoms with E-state index in [9.17, 15) is 4.79 Å². The average molecular weight is 239 g/mol. The summed E-state index contributed by atoms with van der Waals surface area (Å²) < 4.78 is 0.935. The SMILES string of the molecule is CC(=O)c1ccc(C2CC2)cc1Br. The summed E-state index contributed by atoms with van der Waals surface area (Å²) in [4.78, 5) is 11.1. The maximum atomic E-state index is 11.1. The Morgan fingerprint density at radius 2 is 2.15 bits per heavy atom. The number of benzene rings is 1. The molecule has 0 amide bonds. The van der Waals surface area contributed by atoms with Crippen LogP contribution in [0.25, 0.3) is 0 Å². The maximum absolute atomic E-state index is 11.1. The molecular weight excluding hydrogens is 228 g/mol. The molecule has 0 bridgehead atoms. The summed E-state index contributed by atoms with van der Waals surface area (Å²) in [5, 5.41) is 0. The van der Waals surface area contributed by atoms with Crippen LogP contribution in [0.15, 0.2) is 22.7 Å². The summed E-state index contributed by atoms with van der Waals surface area (Å²) >= 11 is 3.42. The minimum Gasteiger partial charge on any atom is -0.294 e. The molecule has 1 aliphatic rings. The lowest BCUT2D eigenvalue weighted by atomic mass is 10.1. The highest BCUT2D eigenvalue weighted by Crippen LogP contribution is 2.41. The first-order valence-electron chi connectivity index (χ1n) is 4.49. The van der Waals surface area contributed by atoms with Gasteiger partial charge in [-0.15, -0.1) is 0 Å². The van der Waals surface area contributed by atoms with Crippen molar-refractivity contribution in [1.29, 1.82) is 0 Å². The molecule has 1 nitrogen and oxygen atoms in total. The van der Waals surface area contributed by atoms with Gasteiger partial charge < -0.3 is 0 Å².